The summed E-state index contributed by atoms with van der Waals surface area (Å²) < 4.78 is 0. The van der Waals surface area contributed by atoms with Gasteiger partial charge in [0, 0.05) is 16.3 Å². The van der Waals surface area contributed by atoms with Crippen molar-refractivity contribution in [1.29, 1.82) is 0 Å². The summed E-state index contributed by atoms with van der Waals surface area (Å²) in [6.07, 6.45) is 4.42. The first kappa shape index (κ1) is 14.9. The molecule has 0 radical (unpaired) electrons. The summed E-state index contributed by atoms with van der Waals surface area (Å²) in [6.45, 7) is 2.07. The van der Waals surface area contributed by atoms with E-state index in [1.54, 1.807) is 0 Å². The minimum absolute atomic E-state index is 0.0231. The molecule has 1 unspecified atom stereocenters. The smallest absolute Gasteiger partial charge is 0.0440 e. The highest BCUT2D eigenvalue weighted by Gasteiger charge is 2.36. The summed E-state index contributed by atoms with van der Waals surface area (Å²) in [5.74, 6) is 0.647. The standard InChI is InChI=1S/C19H20Cl2/c1-14-8-9-16(18(21)11-14)12-19(13-20)10-4-6-15-5-2-3-7-17(15)19/h2-3,5,7-9,11H,4,6,10,12-13H2,1H3. The van der Waals surface area contributed by atoms with Crippen molar-refractivity contribution in [2.75, 3.05) is 5.88 Å². The summed E-state index contributed by atoms with van der Waals surface area (Å²) in [5, 5.41) is 0.863. The summed E-state index contributed by atoms with van der Waals surface area (Å²) in [5.41, 5.74) is 5.30. The summed E-state index contributed by atoms with van der Waals surface area (Å²) >= 11 is 12.9. The lowest BCUT2D eigenvalue weighted by Crippen LogP contribution is -2.35. The van der Waals surface area contributed by atoms with Gasteiger partial charge in [-0.05, 0) is 60.9 Å². The van der Waals surface area contributed by atoms with Crippen LogP contribution in [0.15, 0.2) is 42.5 Å². The fourth-order valence-electron chi connectivity index (χ4n) is 3.54. The van der Waals surface area contributed by atoms with E-state index in [9.17, 15) is 0 Å². The van der Waals surface area contributed by atoms with Gasteiger partial charge in [-0.25, -0.2) is 0 Å². The predicted molar refractivity (Wildman–Crippen MR) is 91.7 cm³/mol. The first-order chi connectivity index (χ1) is 10.1. The summed E-state index contributed by atoms with van der Waals surface area (Å²) in [4.78, 5) is 0. The molecule has 1 aliphatic rings. The van der Waals surface area contributed by atoms with E-state index in [1.165, 1.54) is 28.7 Å². The number of halogens is 2. The molecule has 2 aromatic rings. The lowest BCUT2D eigenvalue weighted by Gasteiger charge is -2.38. The zero-order valence-corrected chi connectivity index (χ0v) is 13.8. The van der Waals surface area contributed by atoms with E-state index in [-0.39, 0.29) is 5.41 Å². The Labute approximate surface area is 137 Å². The Hall–Kier alpha value is -0.980. The molecule has 0 heterocycles. The van der Waals surface area contributed by atoms with Gasteiger partial charge in [-0.2, -0.15) is 0 Å². The van der Waals surface area contributed by atoms with Crippen LogP contribution in [0.5, 0.6) is 0 Å². The van der Waals surface area contributed by atoms with Crippen LogP contribution in [0.1, 0.15) is 35.1 Å². The normalized spacial score (nSPS) is 21.1. The molecule has 2 aromatic carbocycles. The molecule has 0 bridgehead atoms. The molecule has 110 valence electrons. The highest BCUT2D eigenvalue weighted by molar-refractivity contribution is 6.31. The molecule has 21 heavy (non-hydrogen) atoms. The lowest BCUT2D eigenvalue weighted by molar-refractivity contribution is 0.396. The number of alkyl halides is 1. The van der Waals surface area contributed by atoms with E-state index in [2.05, 4.69) is 43.3 Å². The van der Waals surface area contributed by atoms with Crippen LogP contribution in [0.2, 0.25) is 5.02 Å². The molecule has 0 nitrogen and oxygen atoms in total. The first-order valence-corrected chi connectivity index (χ1v) is 8.45. The lowest BCUT2D eigenvalue weighted by atomic mass is 9.68. The van der Waals surface area contributed by atoms with Crippen molar-refractivity contribution < 1.29 is 0 Å². The molecule has 1 aliphatic carbocycles. The zero-order chi connectivity index (χ0) is 14.9. The van der Waals surface area contributed by atoms with Gasteiger partial charge in [0.05, 0.1) is 0 Å². The molecule has 0 saturated heterocycles. The molecular formula is C19H20Cl2. The van der Waals surface area contributed by atoms with E-state index in [0.717, 1.165) is 24.3 Å². The van der Waals surface area contributed by atoms with Gasteiger partial charge < -0.3 is 0 Å². The topological polar surface area (TPSA) is 0 Å². The Kier molecular flexibility index (Phi) is 4.28. The third-order valence-corrected chi connectivity index (χ3v) is 5.55. The average molecular weight is 319 g/mol. The van der Waals surface area contributed by atoms with Crippen LogP contribution in [-0.2, 0) is 18.3 Å². The summed E-state index contributed by atoms with van der Waals surface area (Å²) in [6, 6.07) is 15.1. The number of fused-ring (bicyclic) bond motifs is 1. The Morgan fingerprint density at radius 2 is 1.95 bits per heavy atom. The van der Waals surface area contributed by atoms with Gasteiger partial charge >= 0.3 is 0 Å². The monoisotopic (exact) mass is 318 g/mol. The van der Waals surface area contributed by atoms with Crippen molar-refractivity contribution in [3.05, 3.63) is 69.7 Å². The number of hydrogen-bond acceptors (Lipinski definition) is 0. The van der Waals surface area contributed by atoms with Gasteiger partial charge in [-0.15, -0.1) is 11.6 Å². The highest BCUT2D eigenvalue weighted by atomic mass is 35.5. The second-order valence-corrected chi connectivity index (χ2v) is 6.87. The molecule has 2 heteroatoms. The van der Waals surface area contributed by atoms with Crippen LogP contribution in [0.3, 0.4) is 0 Å². The Morgan fingerprint density at radius 3 is 2.71 bits per heavy atom. The first-order valence-electron chi connectivity index (χ1n) is 7.54. The predicted octanol–water partition coefficient (Wildman–Crippen LogP) is 5.70. The van der Waals surface area contributed by atoms with Gasteiger partial charge in [-0.3, -0.25) is 0 Å². The van der Waals surface area contributed by atoms with Crippen LogP contribution in [0, 0.1) is 6.92 Å². The van der Waals surface area contributed by atoms with Gasteiger partial charge in [0.15, 0.2) is 0 Å². The SMILES string of the molecule is Cc1ccc(CC2(CCl)CCCc3ccccc32)c(Cl)c1. The molecule has 0 aliphatic heterocycles. The fourth-order valence-corrected chi connectivity index (χ4v) is 4.21. The maximum Gasteiger partial charge on any atom is 0.0440 e. The van der Waals surface area contributed by atoms with Crippen molar-refractivity contribution in [1.82, 2.24) is 0 Å². The number of aryl methyl sites for hydroxylation is 2. The molecule has 0 amide bonds. The molecule has 0 aromatic heterocycles. The van der Waals surface area contributed by atoms with Crippen LogP contribution in [0.25, 0.3) is 0 Å². The minimum Gasteiger partial charge on any atom is -0.126 e. The number of benzene rings is 2. The van der Waals surface area contributed by atoms with Crippen molar-refractivity contribution in [3.8, 4) is 0 Å². The van der Waals surface area contributed by atoms with Crippen LogP contribution in [-0.4, -0.2) is 5.88 Å². The van der Waals surface area contributed by atoms with Crippen LogP contribution in [0.4, 0.5) is 0 Å². The quantitative estimate of drug-likeness (QED) is 0.636. The number of rotatable bonds is 3. The van der Waals surface area contributed by atoms with Crippen molar-refractivity contribution in [2.45, 2.75) is 38.0 Å². The van der Waals surface area contributed by atoms with E-state index in [4.69, 9.17) is 23.2 Å². The Balaban J connectivity index is 2.02. The molecule has 1 atom stereocenters. The van der Waals surface area contributed by atoms with Crippen molar-refractivity contribution in [2.24, 2.45) is 0 Å². The third-order valence-electron chi connectivity index (χ3n) is 4.68. The van der Waals surface area contributed by atoms with Gasteiger partial charge in [0.1, 0.15) is 0 Å². The highest BCUT2D eigenvalue weighted by Crippen LogP contribution is 2.42. The van der Waals surface area contributed by atoms with Gasteiger partial charge in [0.25, 0.3) is 0 Å². The zero-order valence-electron chi connectivity index (χ0n) is 12.3. The van der Waals surface area contributed by atoms with Gasteiger partial charge in [0.2, 0.25) is 0 Å². The second-order valence-electron chi connectivity index (χ2n) is 6.20. The maximum absolute atomic E-state index is 6.46. The molecule has 0 saturated carbocycles. The molecule has 3 rings (SSSR count). The minimum atomic E-state index is 0.0231. The van der Waals surface area contributed by atoms with E-state index in [1.807, 2.05) is 6.07 Å². The molecule has 0 spiro atoms. The number of hydrogen-bond donors (Lipinski definition) is 0. The second kappa shape index (κ2) is 6.02. The van der Waals surface area contributed by atoms with E-state index >= 15 is 0 Å². The van der Waals surface area contributed by atoms with E-state index in [0.29, 0.717) is 5.88 Å². The average Bonchev–Trinajstić information content (AvgIpc) is 2.50. The van der Waals surface area contributed by atoms with Crippen LogP contribution < -0.4 is 0 Å². The summed E-state index contributed by atoms with van der Waals surface area (Å²) in [7, 11) is 0. The fraction of sp³-hybridized carbons (Fsp3) is 0.368. The molecule has 0 N–H and O–H groups in total. The van der Waals surface area contributed by atoms with Gasteiger partial charge in [-0.1, -0.05) is 48.0 Å². The third kappa shape index (κ3) is 2.84. The Bertz CT molecular complexity index is 648. The Morgan fingerprint density at radius 1 is 1.14 bits per heavy atom. The van der Waals surface area contributed by atoms with E-state index < -0.39 is 0 Å². The molecular weight excluding hydrogens is 299 g/mol. The largest absolute Gasteiger partial charge is 0.126 e. The van der Waals surface area contributed by atoms with Crippen molar-refractivity contribution >= 4 is 23.2 Å². The molecule has 0 fully saturated rings. The maximum atomic E-state index is 6.46. The van der Waals surface area contributed by atoms with Crippen molar-refractivity contribution in [3.63, 3.8) is 0 Å². The van der Waals surface area contributed by atoms with Crippen LogP contribution >= 0.6 is 23.2 Å².